The molecule has 3 aromatic rings. The lowest BCUT2D eigenvalue weighted by Gasteiger charge is -2.15. The summed E-state index contributed by atoms with van der Waals surface area (Å²) in [4.78, 5) is 17.6. The van der Waals surface area contributed by atoms with Crippen LogP contribution in [0.25, 0.3) is 11.4 Å². The average molecular weight is 486 g/mol. The molecular formula is C25H31N3O5S. The Bertz CT molecular complexity index is 1090. The van der Waals surface area contributed by atoms with E-state index in [0.29, 0.717) is 31.9 Å². The Hall–Kier alpha value is -2.88. The second kappa shape index (κ2) is 11.5. The molecule has 1 aliphatic rings. The van der Waals surface area contributed by atoms with E-state index in [9.17, 15) is 4.79 Å². The van der Waals surface area contributed by atoms with Gasteiger partial charge in [-0.25, -0.2) is 4.98 Å². The first kappa shape index (κ1) is 24.3. The Morgan fingerprint density at radius 1 is 1.26 bits per heavy atom. The Morgan fingerprint density at radius 2 is 2.06 bits per heavy atom. The molecule has 0 spiro atoms. The molecule has 1 aliphatic heterocycles. The van der Waals surface area contributed by atoms with Crippen LogP contribution in [0.2, 0.25) is 0 Å². The van der Waals surface area contributed by atoms with Gasteiger partial charge in [0.1, 0.15) is 23.1 Å². The van der Waals surface area contributed by atoms with Crippen LogP contribution in [0.5, 0.6) is 11.5 Å². The zero-order valence-electron chi connectivity index (χ0n) is 19.8. The van der Waals surface area contributed by atoms with Crippen molar-refractivity contribution in [3.8, 4) is 22.9 Å². The van der Waals surface area contributed by atoms with Gasteiger partial charge in [0.15, 0.2) is 0 Å². The van der Waals surface area contributed by atoms with Crippen LogP contribution >= 0.6 is 11.3 Å². The van der Waals surface area contributed by atoms with Crippen LogP contribution in [0.15, 0.2) is 35.7 Å². The zero-order chi connectivity index (χ0) is 23.9. The Labute approximate surface area is 203 Å². The number of nitrogens with one attached hydrogen (secondary N) is 1. The maximum Gasteiger partial charge on any atom is 0.253 e. The third-order valence-electron chi connectivity index (χ3n) is 5.85. The lowest BCUT2D eigenvalue weighted by molar-refractivity contribution is 0.0928. The van der Waals surface area contributed by atoms with Gasteiger partial charge in [0.05, 0.1) is 36.8 Å². The summed E-state index contributed by atoms with van der Waals surface area (Å²) in [5.74, 6) is 1.43. The fourth-order valence-corrected chi connectivity index (χ4v) is 4.69. The molecule has 1 aromatic carbocycles. The predicted octanol–water partition coefficient (Wildman–Crippen LogP) is 4.06. The van der Waals surface area contributed by atoms with Crippen molar-refractivity contribution in [3.05, 3.63) is 52.0 Å². The van der Waals surface area contributed by atoms with Gasteiger partial charge < -0.3 is 28.8 Å². The zero-order valence-corrected chi connectivity index (χ0v) is 20.7. The molecule has 1 N–H and O–H groups in total. The maximum atomic E-state index is 12.8. The number of hydrogen-bond acceptors (Lipinski definition) is 7. The Morgan fingerprint density at radius 3 is 2.76 bits per heavy atom. The Kier molecular flexibility index (Phi) is 8.21. The molecule has 3 heterocycles. The molecule has 0 bridgehead atoms. The summed E-state index contributed by atoms with van der Waals surface area (Å²) in [6.07, 6.45) is 2.23. The molecule has 1 unspecified atom stereocenters. The highest BCUT2D eigenvalue weighted by Crippen LogP contribution is 2.30. The quantitative estimate of drug-likeness (QED) is 0.413. The molecule has 34 heavy (non-hydrogen) atoms. The van der Waals surface area contributed by atoms with Gasteiger partial charge in [0, 0.05) is 37.9 Å². The van der Waals surface area contributed by atoms with Gasteiger partial charge in [-0.05, 0) is 50.1 Å². The number of carbonyl (C=O) groups is 1. The summed E-state index contributed by atoms with van der Waals surface area (Å²) in [6.45, 7) is 4.76. The van der Waals surface area contributed by atoms with Gasteiger partial charge in [-0.1, -0.05) is 0 Å². The van der Waals surface area contributed by atoms with Crippen LogP contribution in [0, 0.1) is 6.92 Å². The van der Waals surface area contributed by atoms with Crippen molar-refractivity contribution >= 4 is 17.2 Å². The van der Waals surface area contributed by atoms with Crippen LogP contribution in [0.1, 0.15) is 33.9 Å². The molecule has 1 fully saturated rings. The highest BCUT2D eigenvalue weighted by atomic mass is 32.1. The molecule has 1 amide bonds. The summed E-state index contributed by atoms with van der Waals surface area (Å²) in [6, 6.07) is 9.40. The number of nitrogens with zero attached hydrogens (tertiary/aromatic N) is 2. The number of thiazole rings is 1. The molecule has 2 aromatic heterocycles. The summed E-state index contributed by atoms with van der Waals surface area (Å²) in [7, 11) is 3.25. The van der Waals surface area contributed by atoms with Gasteiger partial charge in [0.25, 0.3) is 5.91 Å². The second-order valence-corrected chi connectivity index (χ2v) is 9.06. The van der Waals surface area contributed by atoms with E-state index in [-0.39, 0.29) is 12.0 Å². The molecule has 0 radical (unpaired) electrons. The maximum absolute atomic E-state index is 12.8. The number of benzene rings is 1. The SMILES string of the molecule is COCCNC(=O)c1cc(-c2csc(COc3ccc(OC)cc3)n2)n(CC2CCCO2)c1C. The summed E-state index contributed by atoms with van der Waals surface area (Å²) in [5, 5.41) is 5.80. The van der Waals surface area contributed by atoms with Crippen LogP contribution in [0.3, 0.4) is 0 Å². The number of rotatable bonds is 11. The van der Waals surface area contributed by atoms with E-state index in [4.69, 9.17) is 23.9 Å². The van der Waals surface area contributed by atoms with E-state index in [0.717, 1.165) is 53.0 Å². The Balaban J connectivity index is 1.53. The second-order valence-electron chi connectivity index (χ2n) is 8.11. The van der Waals surface area contributed by atoms with E-state index < -0.39 is 0 Å². The number of methoxy groups -OCH3 is 2. The summed E-state index contributed by atoms with van der Waals surface area (Å²) >= 11 is 1.54. The van der Waals surface area contributed by atoms with Gasteiger partial charge in [-0.2, -0.15) is 0 Å². The molecular weight excluding hydrogens is 454 g/mol. The van der Waals surface area contributed by atoms with Crippen LogP contribution < -0.4 is 14.8 Å². The third-order valence-corrected chi connectivity index (χ3v) is 6.67. The molecule has 4 rings (SSSR count). The van der Waals surface area contributed by atoms with Gasteiger partial charge in [-0.15, -0.1) is 11.3 Å². The fourth-order valence-electron chi connectivity index (χ4n) is 3.99. The number of hydrogen-bond donors (Lipinski definition) is 1. The minimum absolute atomic E-state index is 0.111. The molecule has 0 saturated carbocycles. The van der Waals surface area contributed by atoms with E-state index in [2.05, 4.69) is 9.88 Å². The molecule has 1 atom stereocenters. The topological polar surface area (TPSA) is 83.8 Å². The van der Waals surface area contributed by atoms with Crippen molar-refractivity contribution < 1.29 is 23.7 Å². The van der Waals surface area contributed by atoms with E-state index in [1.54, 1.807) is 25.6 Å². The lowest BCUT2D eigenvalue weighted by atomic mass is 10.2. The molecule has 0 aliphatic carbocycles. The molecule has 182 valence electrons. The van der Waals surface area contributed by atoms with Crippen molar-refractivity contribution in [2.75, 3.05) is 34.0 Å². The van der Waals surface area contributed by atoms with Crippen molar-refractivity contribution in [1.29, 1.82) is 0 Å². The average Bonchev–Trinajstić information content (AvgIpc) is 3.60. The minimum atomic E-state index is -0.111. The van der Waals surface area contributed by atoms with Crippen LogP contribution in [0.4, 0.5) is 0 Å². The predicted molar refractivity (Wildman–Crippen MR) is 131 cm³/mol. The van der Waals surface area contributed by atoms with Crippen molar-refractivity contribution in [1.82, 2.24) is 14.9 Å². The minimum Gasteiger partial charge on any atom is -0.497 e. The first-order valence-corrected chi connectivity index (χ1v) is 12.3. The van der Waals surface area contributed by atoms with Crippen molar-refractivity contribution in [2.24, 2.45) is 0 Å². The number of aromatic nitrogens is 2. The third kappa shape index (κ3) is 5.78. The van der Waals surface area contributed by atoms with Crippen molar-refractivity contribution in [2.45, 2.75) is 39.0 Å². The summed E-state index contributed by atoms with van der Waals surface area (Å²) in [5.41, 5.74) is 3.30. The fraction of sp³-hybridized carbons (Fsp3) is 0.440. The normalized spacial score (nSPS) is 15.4. The number of amides is 1. The number of ether oxygens (including phenoxy) is 4. The monoisotopic (exact) mass is 485 g/mol. The van der Waals surface area contributed by atoms with Gasteiger partial charge in [0.2, 0.25) is 0 Å². The lowest BCUT2D eigenvalue weighted by Crippen LogP contribution is -2.27. The van der Waals surface area contributed by atoms with E-state index in [1.165, 1.54) is 0 Å². The largest absolute Gasteiger partial charge is 0.497 e. The standard InChI is InChI=1S/C25H31N3O5S/c1-17-21(25(29)26-10-12-30-2)13-23(28(17)14-20-5-4-11-32-20)22-16-34-24(27-22)15-33-19-8-6-18(31-3)7-9-19/h6-9,13,16,20H,4-5,10-12,14-15H2,1-3H3,(H,26,29). The smallest absolute Gasteiger partial charge is 0.253 e. The first-order chi connectivity index (χ1) is 16.6. The molecule has 1 saturated heterocycles. The highest BCUT2D eigenvalue weighted by Gasteiger charge is 2.24. The molecule has 9 heteroatoms. The highest BCUT2D eigenvalue weighted by molar-refractivity contribution is 7.09. The van der Waals surface area contributed by atoms with E-state index in [1.807, 2.05) is 42.6 Å². The van der Waals surface area contributed by atoms with Crippen LogP contribution in [-0.2, 0) is 22.6 Å². The first-order valence-electron chi connectivity index (χ1n) is 11.4. The van der Waals surface area contributed by atoms with Gasteiger partial charge >= 0.3 is 0 Å². The van der Waals surface area contributed by atoms with Crippen molar-refractivity contribution in [3.63, 3.8) is 0 Å². The number of carbonyl (C=O) groups excluding carboxylic acids is 1. The molecule has 8 nitrogen and oxygen atoms in total. The van der Waals surface area contributed by atoms with Gasteiger partial charge in [-0.3, -0.25) is 4.79 Å². The summed E-state index contributed by atoms with van der Waals surface area (Å²) < 4.78 is 24.2. The van der Waals surface area contributed by atoms with Crippen LogP contribution in [-0.4, -0.2) is 55.5 Å². The van der Waals surface area contributed by atoms with E-state index >= 15 is 0 Å².